The molecule has 1 aliphatic heterocycles. The van der Waals surface area contributed by atoms with Gasteiger partial charge in [-0.05, 0) is 36.3 Å². The third-order valence-corrected chi connectivity index (χ3v) is 3.92. The molecule has 10 heteroatoms. The number of allylic oxidation sites excluding steroid dienone is 1. The van der Waals surface area contributed by atoms with Crippen LogP contribution in [0.25, 0.3) is 0 Å². The summed E-state index contributed by atoms with van der Waals surface area (Å²) in [7, 11) is 1.53. The van der Waals surface area contributed by atoms with Gasteiger partial charge < -0.3 is 46.1 Å². The summed E-state index contributed by atoms with van der Waals surface area (Å²) >= 11 is 4.54. The van der Waals surface area contributed by atoms with Crippen molar-refractivity contribution in [3.8, 4) is 11.5 Å². The molecule has 152 valence electrons. The number of hydrogen-bond acceptors (Lipinski definition) is 8. The molecule has 9 nitrogen and oxygen atoms in total. The summed E-state index contributed by atoms with van der Waals surface area (Å²) in [6.45, 7) is 3.14. The number of ether oxygens (including phenoxy) is 2. The Morgan fingerprint density at radius 1 is 1.33 bits per heavy atom. The SMILES string of the molecule is C=CCc1ccc(O)c(OC)c1.NC(=S)NC1O[C@H](CO)[C@@H](O)[C@H](O)[C@H]1O. The normalized spacial score (nSPS) is 27.1. The van der Waals surface area contributed by atoms with Crippen LogP contribution in [0.5, 0.6) is 11.5 Å². The van der Waals surface area contributed by atoms with Crippen LogP contribution in [0.4, 0.5) is 0 Å². The number of hydrogen-bond donors (Lipinski definition) is 7. The molecule has 0 radical (unpaired) electrons. The number of methoxy groups -OCH3 is 1. The van der Waals surface area contributed by atoms with E-state index in [9.17, 15) is 20.4 Å². The highest BCUT2D eigenvalue weighted by molar-refractivity contribution is 7.80. The van der Waals surface area contributed by atoms with E-state index in [1.54, 1.807) is 12.1 Å². The van der Waals surface area contributed by atoms with Gasteiger partial charge in [0.2, 0.25) is 0 Å². The number of aromatic hydroxyl groups is 1. The van der Waals surface area contributed by atoms with Gasteiger partial charge >= 0.3 is 0 Å². The first kappa shape index (κ1) is 23.1. The van der Waals surface area contributed by atoms with E-state index in [-0.39, 0.29) is 10.9 Å². The molecule has 0 saturated carbocycles. The second kappa shape index (κ2) is 11.0. The highest BCUT2D eigenvalue weighted by Gasteiger charge is 2.43. The van der Waals surface area contributed by atoms with Crippen LogP contribution in [-0.2, 0) is 11.2 Å². The van der Waals surface area contributed by atoms with Crippen molar-refractivity contribution in [1.82, 2.24) is 5.32 Å². The van der Waals surface area contributed by atoms with E-state index in [4.69, 9.17) is 20.3 Å². The minimum absolute atomic E-state index is 0.112. The minimum atomic E-state index is -1.43. The van der Waals surface area contributed by atoms with Crippen LogP contribution in [0.1, 0.15) is 5.56 Å². The zero-order chi connectivity index (χ0) is 20.6. The highest BCUT2D eigenvalue weighted by Crippen LogP contribution is 2.26. The second-order valence-corrected chi connectivity index (χ2v) is 6.20. The summed E-state index contributed by atoms with van der Waals surface area (Å²) in [4.78, 5) is 0. The second-order valence-electron chi connectivity index (χ2n) is 5.76. The summed E-state index contributed by atoms with van der Waals surface area (Å²) in [5, 5.41) is 48.7. The van der Waals surface area contributed by atoms with Gasteiger partial charge in [0.25, 0.3) is 0 Å². The van der Waals surface area contributed by atoms with E-state index >= 15 is 0 Å². The Hall–Kier alpha value is -1.95. The van der Waals surface area contributed by atoms with Gasteiger partial charge in [-0.2, -0.15) is 0 Å². The summed E-state index contributed by atoms with van der Waals surface area (Å²) in [6.07, 6.45) is -3.59. The van der Waals surface area contributed by atoms with Crippen LogP contribution < -0.4 is 15.8 Å². The van der Waals surface area contributed by atoms with Crippen LogP contribution in [0.15, 0.2) is 30.9 Å². The van der Waals surface area contributed by atoms with Crippen molar-refractivity contribution >= 4 is 17.3 Å². The number of thiocarbonyl (C=S) groups is 1. The maximum Gasteiger partial charge on any atom is 0.165 e. The number of nitrogens with two attached hydrogens (primary N) is 1. The average molecular weight is 402 g/mol. The Bertz CT molecular complexity index is 629. The Balaban J connectivity index is 0.000000277. The lowest BCUT2D eigenvalue weighted by atomic mass is 9.98. The fraction of sp³-hybridized carbons (Fsp3) is 0.471. The maximum atomic E-state index is 9.48. The van der Waals surface area contributed by atoms with Crippen LogP contribution in [0.2, 0.25) is 0 Å². The van der Waals surface area contributed by atoms with Crippen LogP contribution >= 0.6 is 12.2 Å². The fourth-order valence-electron chi connectivity index (χ4n) is 2.38. The van der Waals surface area contributed by atoms with Crippen molar-refractivity contribution in [1.29, 1.82) is 0 Å². The van der Waals surface area contributed by atoms with E-state index in [2.05, 4.69) is 24.1 Å². The lowest BCUT2D eigenvalue weighted by Gasteiger charge is -2.40. The van der Waals surface area contributed by atoms with Gasteiger partial charge in [-0.1, -0.05) is 12.1 Å². The van der Waals surface area contributed by atoms with Gasteiger partial charge in [-0.15, -0.1) is 6.58 Å². The average Bonchev–Trinajstić information content (AvgIpc) is 2.64. The van der Waals surface area contributed by atoms with Crippen molar-refractivity contribution < 1.29 is 35.0 Å². The van der Waals surface area contributed by atoms with Gasteiger partial charge in [0.05, 0.1) is 13.7 Å². The Morgan fingerprint density at radius 3 is 2.52 bits per heavy atom. The number of aliphatic hydroxyl groups excluding tert-OH is 4. The zero-order valence-electron chi connectivity index (χ0n) is 14.9. The first-order chi connectivity index (χ1) is 12.7. The molecule has 1 saturated heterocycles. The van der Waals surface area contributed by atoms with E-state index in [1.165, 1.54) is 7.11 Å². The zero-order valence-corrected chi connectivity index (χ0v) is 15.7. The summed E-state index contributed by atoms with van der Waals surface area (Å²) < 4.78 is 10.0. The molecule has 0 bridgehead atoms. The Morgan fingerprint density at radius 2 is 2.00 bits per heavy atom. The Kier molecular flexibility index (Phi) is 9.43. The monoisotopic (exact) mass is 402 g/mol. The number of benzene rings is 1. The van der Waals surface area contributed by atoms with Gasteiger partial charge in [0, 0.05) is 0 Å². The van der Waals surface area contributed by atoms with Crippen LogP contribution in [-0.4, -0.2) is 75.0 Å². The maximum absolute atomic E-state index is 9.48. The topological polar surface area (TPSA) is 158 Å². The highest BCUT2D eigenvalue weighted by atomic mass is 32.1. The molecule has 1 aliphatic rings. The van der Waals surface area contributed by atoms with Crippen LogP contribution in [0.3, 0.4) is 0 Å². The molecule has 1 fully saturated rings. The number of nitrogens with one attached hydrogen (secondary N) is 1. The van der Waals surface area contributed by atoms with Crippen molar-refractivity contribution in [2.45, 2.75) is 37.1 Å². The number of rotatable bonds is 5. The van der Waals surface area contributed by atoms with Gasteiger partial charge in [-0.25, -0.2) is 0 Å². The van der Waals surface area contributed by atoms with Crippen molar-refractivity contribution in [3.05, 3.63) is 36.4 Å². The predicted molar refractivity (Wildman–Crippen MR) is 102 cm³/mol. The van der Waals surface area contributed by atoms with Gasteiger partial charge in [0.15, 0.2) is 22.8 Å². The molecule has 27 heavy (non-hydrogen) atoms. The number of phenols is 1. The summed E-state index contributed by atoms with van der Waals surface area (Å²) in [6, 6.07) is 5.27. The fourth-order valence-corrected chi connectivity index (χ4v) is 2.49. The van der Waals surface area contributed by atoms with E-state index in [1.807, 2.05) is 12.1 Å². The quantitative estimate of drug-likeness (QED) is 0.234. The third kappa shape index (κ3) is 6.61. The lowest BCUT2D eigenvalue weighted by Crippen LogP contribution is -2.63. The molecule has 5 atom stereocenters. The lowest BCUT2D eigenvalue weighted by molar-refractivity contribution is -0.232. The Labute approximate surface area is 162 Å². The summed E-state index contributed by atoms with van der Waals surface area (Å²) in [5.41, 5.74) is 6.26. The molecular weight excluding hydrogens is 376 g/mol. The predicted octanol–water partition coefficient (Wildman–Crippen LogP) is -1.25. The molecule has 1 heterocycles. The first-order valence-electron chi connectivity index (χ1n) is 8.08. The molecule has 0 aromatic heterocycles. The largest absolute Gasteiger partial charge is 0.504 e. The molecule has 2 rings (SSSR count). The molecule has 8 N–H and O–H groups in total. The molecule has 0 spiro atoms. The summed E-state index contributed by atoms with van der Waals surface area (Å²) in [5.74, 6) is 0.680. The molecule has 0 amide bonds. The van der Waals surface area contributed by atoms with Crippen molar-refractivity contribution in [2.24, 2.45) is 5.73 Å². The molecule has 1 aromatic carbocycles. The minimum Gasteiger partial charge on any atom is -0.504 e. The standard InChI is InChI=1S/C10H12O2.C7H14N2O5S/c1-3-4-8-5-6-9(11)10(7-8)12-2;8-7(15)9-6-5(13)4(12)3(11)2(1-10)14-6/h3,5-7,11H,1,4H2,2H3;2-6,10-13H,1H2,(H3,8,9,15)/t;2-,3-,4+,5-,6?/m.1/s1. The smallest absolute Gasteiger partial charge is 0.165 e. The van der Waals surface area contributed by atoms with E-state index in [0.29, 0.717) is 5.75 Å². The van der Waals surface area contributed by atoms with Gasteiger partial charge in [0.1, 0.15) is 24.4 Å². The molecular formula is C17H26N2O7S. The van der Waals surface area contributed by atoms with Gasteiger partial charge in [-0.3, -0.25) is 0 Å². The number of aliphatic hydroxyl groups is 4. The number of phenolic OH excluding ortho intramolecular Hbond substituents is 1. The van der Waals surface area contributed by atoms with E-state index < -0.39 is 37.3 Å². The molecule has 1 unspecified atom stereocenters. The van der Waals surface area contributed by atoms with Crippen molar-refractivity contribution in [2.75, 3.05) is 13.7 Å². The molecule has 1 aromatic rings. The third-order valence-electron chi connectivity index (χ3n) is 3.80. The van der Waals surface area contributed by atoms with E-state index in [0.717, 1.165) is 12.0 Å². The first-order valence-corrected chi connectivity index (χ1v) is 8.49. The molecule has 0 aliphatic carbocycles. The van der Waals surface area contributed by atoms with Crippen molar-refractivity contribution in [3.63, 3.8) is 0 Å². The van der Waals surface area contributed by atoms with Crippen LogP contribution in [0, 0.1) is 0 Å².